The Balaban J connectivity index is 1.12. The zero-order valence-corrected chi connectivity index (χ0v) is 18.4. The molecule has 1 fully saturated rings. The molecule has 0 saturated carbocycles. The van der Waals surface area contributed by atoms with Crippen molar-refractivity contribution in [3.05, 3.63) is 59.7 Å². The minimum absolute atomic E-state index is 0.0197. The van der Waals surface area contributed by atoms with Crippen LogP contribution in [0.15, 0.2) is 48.5 Å². The van der Waals surface area contributed by atoms with Crippen LogP contribution in [0.1, 0.15) is 36.3 Å². The molecule has 8 nitrogen and oxygen atoms in total. The highest BCUT2D eigenvalue weighted by molar-refractivity contribution is 5.79. The molecule has 1 aliphatic carbocycles. The number of nitrogens with zero attached hydrogens (tertiary/aromatic N) is 1. The van der Waals surface area contributed by atoms with Gasteiger partial charge in [0.15, 0.2) is 0 Å². The smallest absolute Gasteiger partial charge is 0.407 e. The minimum atomic E-state index is -1.01. The molecule has 2 aliphatic rings. The molecule has 0 spiro atoms. The van der Waals surface area contributed by atoms with E-state index >= 15 is 0 Å². The molecule has 0 radical (unpaired) electrons. The molecule has 4 rings (SSSR count). The van der Waals surface area contributed by atoms with Crippen molar-refractivity contribution in [1.82, 2.24) is 10.2 Å². The van der Waals surface area contributed by atoms with Crippen molar-refractivity contribution in [3.63, 3.8) is 0 Å². The van der Waals surface area contributed by atoms with Crippen LogP contribution in [0, 0.1) is 0 Å². The van der Waals surface area contributed by atoms with Gasteiger partial charge < -0.3 is 24.8 Å². The van der Waals surface area contributed by atoms with Crippen molar-refractivity contribution in [2.75, 3.05) is 32.8 Å². The zero-order valence-electron chi connectivity index (χ0n) is 18.4. The number of nitrogens with one attached hydrogen (secondary N) is 1. The van der Waals surface area contributed by atoms with Crippen molar-refractivity contribution >= 4 is 18.0 Å². The van der Waals surface area contributed by atoms with E-state index in [0.717, 1.165) is 0 Å². The van der Waals surface area contributed by atoms with Gasteiger partial charge in [-0.05, 0) is 35.1 Å². The van der Waals surface area contributed by atoms with Gasteiger partial charge in [-0.15, -0.1) is 0 Å². The van der Waals surface area contributed by atoms with Gasteiger partial charge in [-0.1, -0.05) is 48.5 Å². The van der Waals surface area contributed by atoms with E-state index in [2.05, 4.69) is 29.6 Å². The van der Waals surface area contributed by atoms with E-state index in [-0.39, 0.29) is 31.1 Å². The second-order valence-electron chi connectivity index (χ2n) is 8.33. The highest BCUT2D eigenvalue weighted by Gasteiger charge is 2.31. The zero-order chi connectivity index (χ0) is 23.2. The molecule has 2 N–H and O–H groups in total. The van der Waals surface area contributed by atoms with Crippen molar-refractivity contribution < 1.29 is 29.0 Å². The number of rotatable bonds is 10. The first-order valence-corrected chi connectivity index (χ1v) is 11.2. The molecule has 1 aliphatic heterocycles. The third-order valence-corrected chi connectivity index (χ3v) is 6.07. The molecular weight excluding hydrogens is 424 g/mol. The molecule has 2 amide bonds. The van der Waals surface area contributed by atoms with Gasteiger partial charge >= 0.3 is 12.1 Å². The van der Waals surface area contributed by atoms with E-state index in [1.54, 1.807) is 4.90 Å². The molecule has 2 aromatic rings. The number of aliphatic carboxylic acids is 1. The van der Waals surface area contributed by atoms with Crippen LogP contribution < -0.4 is 5.32 Å². The fourth-order valence-electron chi connectivity index (χ4n) is 4.34. The maximum absolute atomic E-state index is 12.2. The van der Waals surface area contributed by atoms with Crippen molar-refractivity contribution in [2.45, 2.75) is 31.3 Å². The number of hydrogen-bond donors (Lipinski definition) is 2. The summed E-state index contributed by atoms with van der Waals surface area (Å²) in [5, 5.41) is 11.3. The number of benzene rings is 2. The van der Waals surface area contributed by atoms with E-state index in [0.29, 0.717) is 38.9 Å². The summed E-state index contributed by atoms with van der Waals surface area (Å²) in [7, 11) is 0. The predicted molar refractivity (Wildman–Crippen MR) is 121 cm³/mol. The summed E-state index contributed by atoms with van der Waals surface area (Å²) >= 11 is 0. The lowest BCUT2D eigenvalue weighted by Gasteiger charge is -2.38. The second-order valence-corrected chi connectivity index (χ2v) is 8.33. The highest BCUT2D eigenvalue weighted by atomic mass is 16.5. The average Bonchev–Trinajstić information content (AvgIpc) is 3.10. The van der Waals surface area contributed by atoms with E-state index in [4.69, 9.17) is 14.6 Å². The van der Waals surface area contributed by atoms with Gasteiger partial charge in [0.05, 0.1) is 6.10 Å². The molecule has 8 heteroatoms. The topological polar surface area (TPSA) is 105 Å². The fourth-order valence-corrected chi connectivity index (χ4v) is 4.34. The van der Waals surface area contributed by atoms with E-state index in [9.17, 15) is 14.4 Å². The first-order valence-electron chi connectivity index (χ1n) is 11.2. The number of unbranched alkanes of at least 4 members (excludes halogenated alkanes) is 1. The number of carbonyl (C=O) groups excluding carboxylic acids is 2. The Kier molecular flexibility index (Phi) is 7.24. The number of fused-ring (bicyclic) bond motifs is 3. The lowest BCUT2D eigenvalue weighted by atomic mass is 9.98. The summed E-state index contributed by atoms with van der Waals surface area (Å²) in [6.45, 7) is 1.25. The molecule has 0 bridgehead atoms. The number of amides is 2. The van der Waals surface area contributed by atoms with Crippen LogP contribution in [0.4, 0.5) is 4.79 Å². The molecule has 2 aromatic carbocycles. The maximum Gasteiger partial charge on any atom is 0.407 e. The summed E-state index contributed by atoms with van der Waals surface area (Å²) in [4.78, 5) is 36.4. The Hall–Kier alpha value is -3.39. The summed E-state index contributed by atoms with van der Waals surface area (Å²) < 4.78 is 10.6. The Labute approximate surface area is 192 Å². The summed E-state index contributed by atoms with van der Waals surface area (Å²) in [6, 6.07) is 16.4. The third-order valence-electron chi connectivity index (χ3n) is 6.07. The van der Waals surface area contributed by atoms with Crippen molar-refractivity contribution in [2.24, 2.45) is 0 Å². The molecule has 0 unspecified atom stereocenters. The lowest BCUT2D eigenvalue weighted by Crippen LogP contribution is -2.55. The van der Waals surface area contributed by atoms with Gasteiger partial charge in [0, 0.05) is 32.0 Å². The van der Waals surface area contributed by atoms with E-state index < -0.39 is 12.1 Å². The fraction of sp³-hybridized carbons (Fsp3) is 0.400. The quantitative estimate of drug-likeness (QED) is 0.537. The van der Waals surface area contributed by atoms with Crippen LogP contribution in [-0.4, -0.2) is 66.9 Å². The lowest BCUT2D eigenvalue weighted by molar-refractivity contribution is -0.154. The largest absolute Gasteiger partial charge is 0.480 e. The van der Waals surface area contributed by atoms with E-state index in [1.165, 1.54) is 22.3 Å². The summed E-state index contributed by atoms with van der Waals surface area (Å²) in [5.74, 6) is -0.962. The Morgan fingerprint density at radius 1 is 0.970 bits per heavy atom. The predicted octanol–water partition coefficient (Wildman–Crippen LogP) is 3.01. The van der Waals surface area contributed by atoms with Crippen LogP contribution in [0.25, 0.3) is 11.1 Å². The normalized spacial score (nSPS) is 14.8. The van der Waals surface area contributed by atoms with Gasteiger partial charge in [0.1, 0.15) is 13.2 Å². The van der Waals surface area contributed by atoms with E-state index in [1.807, 2.05) is 24.3 Å². The number of likely N-dealkylation sites (tertiary alicyclic amines) is 1. The number of ether oxygens (including phenoxy) is 2. The molecule has 33 heavy (non-hydrogen) atoms. The Bertz CT molecular complexity index is 972. The number of alkyl carbamates (subject to hydrolysis) is 1. The minimum Gasteiger partial charge on any atom is -0.480 e. The number of carbonyl (C=O) groups is 3. The molecule has 0 atom stereocenters. The number of carboxylic acids is 1. The molecule has 174 valence electrons. The summed E-state index contributed by atoms with van der Waals surface area (Å²) in [6.07, 6.45) is 1.06. The number of hydrogen-bond acceptors (Lipinski definition) is 5. The maximum atomic E-state index is 12.2. The summed E-state index contributed by atoms with van der Waals surface area (Å²) in [5.41, 5.74) is 4.72. The van der Waals surface area contributed by atoms with Crippen LogP contribution in [-0.2, 0) is 19.1 Å². The number of carboxylic acid groups (broad SMARTS) is 1. The van der Waals surface area contributed by atoms with Gasteiger partial charge in [-0.25, -0.2) is 9.59 Å². The van der Waals surface area contributed by atoms with Crippen LogP contribution in [0.5, 0.6) is 0 Å². The Morgan fingerprint density at radius 3 is 2.24 bits per heavy atom. The molecule has 1 saturated heterocycles. The van der Waals surface area contributed by atoms with Gasteiger partial charge in [0.25, 0.3) is 0 Å². The SMILES string of the molecule is O=C(O)COC1CN(C(=O)CCCCNC(=O)OCC2c3ccccc3-c3ccccc32)C1. The van der Waals surface area contributed by atoms with Crippen LogP contribution >= 0.6 is 0 Å². The first kappa shape index (κ1) is 22.8. The molecule has 1 heterocycles. The van der Waals surface area contributed by atoms with Crippen molar-refractivity contribution in [1.29, 1.82) is 0 Å². The van der Waals surface area contributed by atoms with Crippen LogP contribution in [0.3, 0.4) is 0 Å². The standard InChI is InChI=1S/C25H28N2O6/c28-23(27-13-17(14-27)32-16-24(29)30)11-5-6-12-26-25(31)33-15-22-20-9-3-1-7-18(20)19-8-2-4-10-21(19)22/h1-4,7-10,17,22H,5-6,11-16H2,(H,26,31)(H,29,30). The van der Waals surface area contributed by atoms with Gasteiger partial charge in [0.2, 0.25) is 5.91 Å². The van der Waals surface area contributed by atoms with Crippen LogP contribution in [0.2, 0.25) is 0 Å². The first-order chi connectivity index (χ1) is 16.0. The van der Waals surface area contributed by atoms with Gasteiger partial charge in [-0.2, -0.15) is 0 Å². The Morgan fingerprint density at radius 2 is 1.61 bits per heavy atom. The highest BCUT2D eigenvalue weighted by Crippen LogP contribution is 2.44. The molecule has 0 aromatic heterocycles. The van der Waals surface area contributed by atoms with Crippen molar-refractivity contribution in [3.8, 4) is 11.1 Å². The molecular formula is C25H28N2O6. The van der Waals surface area contributed by atoms with Gasteiger partial charge in [-0.3, -0.25) is 4.79 Å². The monoisotopic (exact) mass is 452 g/mol. The third kappa shape index (κ3) is 5.51. The average molecular weight is 453 g/mol. The second kappa shape index (κ2) is 10.5.